The van der Waals surface area contributed by atoms with Crippen LogP contribution in [0.4, 0.5) is 0 Å². The number of hydrogen-bond acceptors (Lipinski definition) is 7. The third-order valence-electron chi connectivity index (χ3n) is 5.45. The van der Waals surface area contributed by atoms with E-state index >= 15 is 0 Å². The Bertz CT molecular complexity index is 1490. The van der Waals surface area contributed by atoms with Crippen molar-refractivity contribution >= 4 is 40.3 Å². The number of hydrogen-bond donors (Lipinski definition) is 2. The number of nitrogens with one attached hydrogen (secondary N) is 2. The first-order valence-electron chi connectivity index (χ1n) is 11.4. The van der Waals surface area contributed by atoms with Crippen molar-refractivity contribution in [1.82, 2.24) is 10.3 Å². The van der Waals surface area contributed by atoms with Crippen molar-refractivity contribution in [2.24, 2.45) is 0 Å². The second-order valence-corrected chi connectivity index (χ2v) is 8.47. The molecule has 0 spiro atoms. The van der Waals surface area contributed by atoms with Crippen LogP contribution in [0.5, 0.6) is 0 Å². The maximum atomic E-state index is 13.1. The molecule has 0 aliphatic carbocycles. The number of carbonyl (C=O) groups excluding carboxylic acids is 3. The molecular weight excluding hydrogens is 500 g/mol. The van der Waals surface area contributed by atoms with E-state index in [-0.39, 0.29) is 36.7 Å². The molecule has 190 valence electrons. The zero-order chi connectivity index (χ0) is 26.4. The summed E-state index contributed by atoms with van der Waals surface area (Å²) < 4.78 is 15.7. The molecule has 2 aromatic heterocycles. The van der Waals surface area contributed by atoms with Gasteiger partial charge in [-0.15, -0.1) is 0 Å². The molecule has 1 amide bonds. The van der Waals surface area contributed by atoms with Crippen LogP contribution in [-0.4, -0.2) is 35.5 Å². The largest absolute Gasteiger partial charge is 0.460 e. The van der Waals surface area contributed by atoms with Gasteiger partial charge in [0.1, 0.15) is 18.4 Å². The van der Waals surface area contributed by atoms with Crippen molar-refractivity contribution in [3.63, 3.8) is 0 Å². The summed E-state index contributed by atoms with van der Waals surface area (Å²) in [5.41, 5.74) is 1.11. The van der Waals surface area contributed by atoms with Gasteiger partial charge in [-0.2, -0.15) is 0 Å². The lowest BCUT2D eigenvalue weighted by molar-refractivity contribution is -0.147. The summed E-state index contributed by atoms with van der Waals surface area (Å²) in [6, 6.07) is 16.5. The normalized spacial score (nSPS) is 11.6. The summed E-state index contributed by atoms with van der Waals surface area (Å²) in [6.45, 7) is 1.59. The van der Waals surface area contributed by atoms with Crippen LogP contribution < -0.4 is 10.9 Å². The molecule has 0 saturated carbocycles. The zero-order valence-electron chi connectivity index (χ0n) is 19.8. The lowest BCUT2D eigenvalue weighted by atomic mass is 10.0. The molecule has 0 saturated heterocycles. The molecule has 0 bridgehead atoms. The Kier molecular flexibility index (Phi) is 8.05. The number of para-hydroxylation sites is 1. The number of ether oxygens (including phenoxy) is 2. The van der Waals surface area contributed by atoms with Crippen molar-refractivity contribution < 1.29 is 28.3 Å². The van der Waals surface area contributed by atoms with Crippen LogP contribution >= 0.6 is 11.6 Å². The Labute approximate surface area is 216 Å². The molecule has 0 aliphatic heterocycles. The third kappa shape index (κ3) is 6.45. The molecule has 2 aromatic carbocycles. The number of carbonyl (C=O) groups is 3. The fourth-order valence-corrected chi connectivity index (χ4v) is 3.84. The number of halogens is 1. The van der Waals surface area contributed by atoms with E-state index in [2.05, 4.69) is 10.3 Å². The first kappa shape index (κ1) is 25.7. The van der Waals surface area contributed by atoms with Crippen LogP contribution in [0.15, 0.2) is 75.9 Å². The van der Waals surface area contributed by atoms with E-state index in [4.69, 9.17) is 25.5 Å². The highest BCUT2D eigenvalue weighted by Crippen LogP contribution is 2.18. The van der Waals surface area contributed by atoms with Crippen LogP contribution in [-0.2, 0) is 27.3 Å². The second-order valence-electron chi connectivity index (χ2n) is 8.04. The highest BCUT2D eigenvalue weighted by Gasteiger charge is 2.25. The minimum absolute atomic E-state index is 0.00513. The van der Waals surface area contributed by atoms with Gasteiger partial charge in [-0.1, -0.05) is 29.8 Å². The summed E-state index contributed by atoms with van der Waals surface area (Å²) in [7, 11) is 0. The number of furan rings is 1. The van der Waals surface area contributed by atoms with E-state index in [1.54, 1.807) is 31.2 Å². The first-order chi connectivity index (χ1) is 17.8. The molecule has 9 nitrogen and oxygen atoms in total. The van der Waals surface area contributed by atoms with Crippen LogP contribution in [0.1, 0.15) is 39.2 Å². The average Bonchev–Trinajstić information content (AvgIpc) is 3.36. The molecule has 4 rings (SSSR count). The number of benzene rings is 2. The number of H-pyrrole nitrogens is 1. The summed E-state index contributed by atoms with van der Waals surface area (Å²) in [5.74, 6) is -1.69. The second kappa shape index (κ2) is 11.6. The maximum Gasteiger partial charge on any atom is 0.374 e. The molecule has 0 aliphatic rings. The maximum absolute atomic E-state index is 13.1. The Morgan fingerprint density at radius 1 is 1.03 bits per heavy atom. The van der Waals surface area contributed by atoms with Gasteiger partial charge < -0.3 is 24.2 Å². The van der Waals surface area contributed by atoms with Crippen LogP contribution in [0.2, 0.25) is 5.02 Å². The van der Waals surface area contributed by atoms with Gasteiger partial charge in [0.05, 0.1) is 6.61 Å². The van der Waals surface area contributed by atoms with Crippen LogP contribution in [0.3, 0.4) is 0 Å². The fourth-order valence-electron chi connectivity index (χ4n) is 3.71. The molecular formula is C27H23ClN2O7. The molecule has 0 radical (unpaired) electrons. The van der Waals surface area contributed by atoms with Gasteiger partial charge in [-0.25, -0.2) is 9.59 Å². The highest BCUT2D eigenvalue weighted by molar-refractivity contribution is 6.30. The first-order valence-corrected chi connectivity index (χ1v) is 11.8. The molecule has 10 heteroatoms. The van der Waals surface area contributed by atoms with Gasteiger partial charge >= 0.3 is 11.9 Å². The number of amides is 1. The Hall–Kier alpha value is -4.37. The van der Waals surface area contributed by atoms with Gasteiger partial charge in [-0.3, -0.25) is 9.59 Å². The number of rotatable bonds is 9. The summed E-state index contributed by atoms with van der Waals surface area (Å²) >= 11 is 5.91. The lowest BCUT2D eigenvalue weighted by Crippen LogP contribution is -2.43. The van der Waals surface area contributed by atoms with Crippen molar-refractivity contribution in [3.8, 4) is 0 Å². The number of aromatic amines is 1. The predicted molar refractivity (Wildman–Crippen MR) is 135 cm³/mol. The van der Waals surface area contributed by atoms with Crippen LogP contribution in [0, 0.1) is 0 Å². The number of aromatic nitrogens is 1. The standard InChI is InChI=1S/C27H23ClN2O7/c1-2-35-27(34)23-12-11-19(37-23)15-36-26(33)22(30-25(32)16-7-9-18(28)10-8-16)13-17-14-24(31)29-21-6-4-3-5-20(17)21/h3-12,14,22H,2,13,15H2,1H3,(H,29,31)(H,30,32). The molecule has 1 atom stereocenters. The topological polar surface area (TPSA) is 128 Å². The van der Waals surface area contributed by atoms with Crippen molar-refractivity contribution in [3.05, 3.63) is 105 Å². The zero-order valence-corrected chi connectivity index (χ0v) is 20.5. The number of fused-ring (bicyclic) bond motifs is 1. The minimum atomic E-state index is -1.13. The van der Waals surface area contributed by atoms with Crippen molar-refractivity contribution in [2.45, 2.75) is 26.0 Å². The molecule has 37 heavy (non-hydrogen) atoms. The van der Waals surface area contributed by atoms with Gasteiger partial charge in [0.25, 0.3) is 5.91 Å². The van der Waals surface area contributed by atoms with E-state index < -0.39 is 23.9 Å². The molecule has 2 heterocycles. The quantitative estimate of drug-likeness (QED) is 0.317. The average molecular weight is 523 g/mol. The van der Waals surface area contributed by atoms with E-state index in [9.17, 15) is 19.2 Å². The minimum Gasteiger partial charge on any atom is -0.460 e. The van der Waals surface area contributed by atoms with Gasteiger partial charge in [0.15, 0.2) is 0 Å². The van der Waals surface area contributed by atoms with E-state index in [1.807, 2.05) is 12.1 Å². The van der Waals surface area contributed by atoms with Gasteiger partial charge in [0, 0.05) is 34.0 Å². The fraction of sp³-hybridized carbons (Fsp3) is 0.185. The summed E-state index contributed by atoms with van der Waals surface area (Å²) in [4.78, 5) is 52.8. The Balaban J connectivity index is 1.56. The van der Waals surface area contributed by atoms with E-state index in [0.717, 1.165) is 5.39 Å². The SMILES string of the molecule is CCOC(=O)c1ccc(COC(=O)C(Cc2cc(=O)[nH]c3ccccc23)NC(=O)c2ccc(Cl)cc2)o1. The van der Waals surface area contributed by atoms with Gasteiger partial charge in [-0.05, 0) is 55.0 Å². The third-order valence-corrected chi connectivity index (χ3v) is 5.70. The van der Waals surface area contributed by atoms with E-state index in [1.165, 1.54) is 30.3 Å². The van der Waals surface area contributed by atoms with Gasteiger partial charge in [0.2, 0.25) is 11.3 Å². The Morgan fingerprint density at radius 3 is 2.54 bits per heavy atom. The summed E-state index contributed by atoms with van der Waals surface area (Å²) in [5, 5.41) is 3.88. The number of esters is 2. The number of pyridine rings is 1. The highest BCUT2D eigenvalue weighted by atomic mass is 35.5. The lowest BCUT2D eigenvalue weighted by Gasteiger charge is -2.18. The molecule has 0 fully saturated rings. The van der Waals surface area contributed by atoms with Crippen molar-refractivity contribution in [1.29, 1.82) is 0 Å². The summed E-state index contributed by atoms with van der Waals surface area (Å²) in [6.07, 6.45) is -0.00513. The molecule has 1 unspecified atom stereocenters. The van der Waals surface area contributed by atoms with Crippen molar-refractivity contribution in [2.75, 3.05) is 6.61 Å². The monoisotopic (exact) mass is 522 g/mol. The Morgan fingerprint density at radius 2 is 1.78 bits per heavy atom. The van der Waals surface area contributed by atoms with Crippen LogP contribution in [0.25, 0.3) is 10.9 Å². The smallest absolute Gasteiger partial charge is 0.374 e. The predicted octanol–water partition coefficient (Wildman–Crippen LogP) is 4.04. The van der Waals surface area contributed by atoms with E-state index in [0.29, 0.717) is 21.7 Å². The molecule has 2 N–H and O–H groups in total. The molecule has 4 aromatic rings.